The number of hydrogen-bond acceptors (Lipinski definition) is 3. The summed E-state index contributed by atoms with van der Waals surface area (Å²) in [7, 11) is 0. The summed E-state index contributed by atoms with van der Waals surface area (Å²) in [5.41, 5.74) is 2.37. The fourth-order valence-corrected chi connectivity index (χ4v) is 3.56. The Kier molecular flexibility index (Phi) is 5.70. The van der Waals surface area contributed by atoms with Gasteiger partial charge in [-0.1, -0.05) is 72.8 Å². The summed E-state index contributed by atoms with van der Waals surface area (Å²) in [5.74, 6) is -0.133. The molecule has 0 saturated carbocycles. The van der Waals surface area contributed by atoms with E-state index in [9.17, 15) is 9.59 Å². The van der Waals surface area contributed by atoms with Crippen LogP contribution in [0.25, 0.3) is 22.0 Å². The molecule has 0 N–H and O–H groups in total. The topological polar surface area (TPSA) is 55.2 Å². The zero-order valence-corrected chi connectivity index (χ0v) is 16.9. The fourth-order valence-electron chi connectivity index (χ4n) is 3.56. The van der Waals surface area contributed by atoms with Gasteiger partial charge in [0.25, 0.3) is 5.56 Å². The third-order valence-corrected chi connectivity index (χ3v) is 5.17. The van der Waals surface area contributed by atoms with E-state index in [0.717, 1.165) is 21.9 Å². The van der Waals surface area contributed by atoms with Crippen molar-refractivity contribution in [2.75, 3.05) is 6.54 Å². The molecule has 30 heavy (non-hydrogen) atoms. The molecule has 0 radical (unpaired) electrons. The molecule has 150 valence electrons. The number of fused-ring (bicyclic) bond motifs is 1. The van der Waals surface area contributed by atoms with E-state index in [2.05, 4.69) is 5.10 Å². The minimum absolute atomic E-state index is 0.0852. The van der Waals surface area contributed by atoms with Crippen LogP contribution in [-0.4, -0.2) is 27.1 Å². The van der Waals surface area contributed by atoms with Gasteiger partial charge in [-0.25, -0.2) is 4.68 Å². The Labute approximate surface area is 175 Å². The van der Waals surface area contributed by atoms with Gasteiger partial charge < -0.3 is 4.90 Å². The average molecular weight is 397 g/mol. The van der Waals surface area contributed by atoms with Crippen molar-refractivity contribution in [2.24, 2.45) is 0 Å². The highest BCUT2D eigenvalue weighted by Gasteiger charge is 2.15. The lowest BCUT2D eigenvalue weighted by Gasteiger charge is -2.21. The van der Waals surface area contributed by atoms with Gasteiger partial charge in [-0.3, -0.25) is 9.59 Å². The van der Waals surface area contributed by atoms with Crippen LogP contribution in [0, 0.1) is 0 Å². The number of rotatable bonds is 6. The Morgan fingerprint density at radius 1 is 0.900 bits per heavy atom. The van der Waals surface area contributed by atoms with Crippen LogP contribution >= 0.6 is 0 Å². The molecule has 0 aliphatic heterocycles. The second-order valence-corrected chi connectivity index (χ2v) is 7.13. The van der Waals surface area contributed by atoms with Gasteiger partial charge in [0.2, 0.25) is 5.91 Å². The zero-order valence-electron chi connectivity index (χ0n) is 16.9. The van der Waals surface area contributed by atoms with Crippen LogP contribution in [0.1, 0.15) is 12.5 Å². The molecule has 4 rings (SSSR count). The van der Waals surface area contributed by atoms with Crippen LogP contribution in [0.2, 0.25) is 0 Å². The van der Waals surface area contributed by atoms with E-state index in [1.807, 2.05) is 79.7 Å². The van der Waals surface area contributed by atoms with Gasteiger partial charge in [0, 0.05) is 24.7 Å². The summed E-state index contributed by atoms with van der Waals surface area (Å²) in [6.07, 6.45) is 0. The smallest absolute Gasteiger partial charge is 0.267 e. The molecule has 0 saturated heterocycles. The first-order valence-corrected chi connectivity index (χ1v) is 10.0. The molecular weight excluding hydrogens is 374 g/mol. The van der Waals surface area contributed by atoms with E-state index in [1.165, 1.54) is 10.7 Å². The van der Waals surface area contributed by atoms with Crippen LogP contribution < -0.4 is 5.56 Å². The zero-order chi connectivity index (χ0) is 20.9. The molecule has 0 bridgehead atoms. The quantitative estimate of drug-likeness (QED) is 0.492. The van der Waals surface area contributed by atoms with E-state index in [-0.39, 0.29) is 18.0 Å². The van der Waals surface area contributed by atoms with E-state index in [0.29, 0.717) is 18.8 Å². The van der Waals surface area contributed by atoms with Crippen molar-refractivity contribution in [2.45, 2.75) is 20.0 Å². The Morgan fingerprint density at radius 2 is 1.63 bits per heavy atom. The number of carbonyl (C=O) groups excluding carboxylic acids is 1. The van der Waals surface area contributed by atoms with Crippen LogP contribution in [0.5, 0.6) is 0 Å². The molecule has 0 fully saturated rings. The Balaban J connectivity index is 1.62. The minimum atomic E-state index is -0.289. The Bertz CT molecular complexity index is 1230. The van der Waals surface area contributed by atoms with Crippen molar-refractivity contribution in [3.63, 3.8) is 0 Å². The molecule has 1 amide bonds. The summed E-state index contributed by atoms with van der Waals surface area (Å²) >= 11 is 0. The van der Waals surface area contributed by atoms with Gasteiger partial charge in [-0.2, -0.15) is 5.10 Å². The van der Waals surface area contributed by atoms with Gasteiger partial charge in [-0.05, 0) is 29.3 Å². The maximum absolute atomic E-state index is 12.9. The maximum Gasteiger partial charge on any atom is 0.267 e. The largest absolute Gasteiger partial charge is 0.337 e. The molecule has 0 aliphatic rings. The second-order valence-electron chi connectivity index (χ2n) is 7.13. The lowest BCUT2D eigenvalue weighted by molar-refractivity contribution is -0.132. The lowest BCUT2D eigenvalue weighted by atomic mass is 10.0. The van der Waals surface area contributed by atoms with Crippen molar-refractivity contribution in [3.8, 4) is 11.3 Å². The third kappa shape index (κ3) is 4.15. The number of likely N-dealkylation sites (N-methyl/N-ethyl adjacent to an activating group) is 1. The van der Waals surface area contributed by atoms with Gasteiger partial charge in [0.05, 0.1) is 5.69 Å². The van der Waals surface area contributed by atoms with E-state index in [1.54, 1.807) is 11.0 Å². The highest BCUT2D eigenvalue weighted by atomic mass is 16.2. The van der Waals surface area contributed by atoms with Crippen molar-refractivity contribution in [1.29, 1.82) is 0 Å². The van der Waals surface area contributed by atoms with Gasteiger partial charge in [-0.15, -0.1) is 0 Å². The highest BCUT2D eigenvalue weighted by Crippen LogP contribution is 2.26. The summed E-state index contributed by atoms with van der Waals surface area (Å²) < 4.78 is 1.26. The molecule has 3 aromatic carbocycles. The number of amides is 1. The molecule has 5 nitrogen and oxygen atoms in total. The average Bonchev–Trinajstić information content (AvgIpc) is 2.79. The van der Waals surface area contributed by atoms with E-state index in [4.69, 9.17) is 0 Å². The number of benzene rings is 3. The monoisotopic (exact) mass is 397 g/mol. The molecular formula is C25H23N3O2. The summed E-state index contributed by atoms with van der Waals surface area (Å²) in [6.45, 7) is 2.92. The first-order valence-electron chi connectivity index (χ1n) is 10.0. The third-order valence-electron chi connectivity index (χ3n) is 5.17. The molecule has 5 heteroatoms. The van der Waals surface area contributed by atoms with Crippen LogP contribution in [0.3, 0.4) is 0 Å². The van der Waals surface area contributed by atoms with Crippen LogP contribution in [-0.2, 0) is 17.9 Å². The number of hydrogen-bond donors (Lipinski definition) is 0. The van der Waals surface area contributed by atoms with Gasteiger partial charge in [0.15, 0.2) is 0 Å². The molecule has 1 aromatic heterocycles. The Morgan fingerprint density at radius 3 is 2.43 bits per heavy atom. The van der Waals surface area contributed by atoms with Crippen LogP contribution in [0.15, 0.2) is 89.7 Å². The molecule has 0 atom stereocenters. The van der Waals surface area contributed by atoms with Crippen LogP contribution in [0.4, 0.5) is 0 Å². The summed E-state index contributed by atoms with van der Waals surface area (Å²) in [4.78, 5) is 27.0. The van der Waals surface area contributed by atoms with Crippen molar-refractivity contribution < 1.29 is 4.79 Å². The molecule has 0 unspecified atom stereocenters. The highest BCUT2D eigenvalue weighted by molar-refractivity contribution is 5.95. The first-order chi connectivity index (χ1) is 14.7. The maximum atomic E-state index is 12.9. The van der Waals surface area contributed by atoms with Crippen molar-refractivity contribution in [3.05, 3.63) is 101 Å². The summed E-state index contributed by atoms with van der Waals surface area (Å²) in [5, 5.41) is 6.67. The number of carbonyl (C=O) groups is 1. The van der Waals surface area contributed by atoms with Gasteiger partial charge in [0.1, 0.15) is 6.54 Å². The molecule has 1 heterocycles. The predicted octanol–water partition coefficient (Wildman–Crippen LogP) is 4.11. The molecule has 0 aliphatic carbocycles. The molecule has 0 spiro atoms. The summed E-state index contributed by atoms with van der Waals surface area (Å²) in [6, 6.07) is 27.1. The number of aromatic nitrogens is 2. The van der Waals surface area contributed by atoms with Crippen molar-refractivity contribution in [1.82, 2.24) is 14.7 Å². The predicted molar refractivity (Wildman–Crippen MR) is 119 cm³/mol. The van der Waals surface area contributed by atoms with E-state index >= 15 is 0 Å². The Hall–Kier alpha value is -3.73. The minimum Gasteiger partial charge on any atom is -0.337 e. The SMILES string of the molecule is CCN(Cc1ccccc1)C(=O)Cn1nc(-c2cccc3ccccc23)ccc1=O. The fraction of sp³-hybridized carbons (Fsp3) is 0.160. The first kappa shape index (κ1) is 19.6. The number of nitrogens with zero attached hydrogens (tertiary/aromatic N) is 3. The lowest BCUT2D eigenvalue weighted by Crippen LogP contribution is -2.36. The van der Waals surface area contributed by atoms with Gasteiger partial charge >= 0.3 is 0 Å². The normalized spacial score (nSPS) is 10.8. The molecule has 4 aromatic rings. The van der Waals surface area contributed by atoms with Crippen molar-refractivity contribution >= 4 is 16.7 Å². The standard InChI is InChI=1S/C25H23N3O2/c1-2-27(17-19-9-4-3-5-10-19)25(30)18-28-24(29)16-15-23(26-28)22-14-8-12-20-11-6-7-13-21(20)22/h3-16H,2,17-18H2,1H3. The second kappa shape index (κ2) is 8.74. The van der Waals surface area contributed by atoms with E-state index < -0.39 is 0 Å².